The topological polar surface area (TPSA) is 184 Å². The lowest BCUT2D eigenvalue weighted by Crippen LogP contribution is -2.07. The van der Waals surface area contributed by atoms with Gasteiger partial charge in [0.15, 0.2) is 34.9 Å². The van der Waals surface area contributed by atoms with Crippen LogP contribution in [0.5, 0.6) is 0 Å². The van der Waals surface area contributed by atoms with Crippen molar-refractivity contribution in [3.8, 4) is 103 Å². The third-order valence-corrected chi connectivity index (χ3v) is 29.4. The smallest absolute Gasteiger partial charge is 0.238 e. The average molecular weight is 1900 g/mol. The number of pyridine rings is 1. The van der Waals surface area contributed by atoms with Gasteiger partial charge in [0.25, 0.3) is 0 Å². The fourth-order valence-corrected chi connectivity index (χ4v) is 23.4. The van der Waals surface area contributed by atoms with Crippen LogP contribution in [0.4, 0.5) is 0 Å². The van der Waals surface area contributed by atoms with E-state index < -0.39 is 0 Å². The molecule has 147 heavy (non-hydrogen) atoms. The monoisotopic (exact) mass is 1900 g/mol. The van der Waals surface area contributed by atoms with Gasteiger partial charge < -0.3 is 13.7 Å². The summed E-state index contributed by atoms with van der Waals surface area (Å²) in [6.07, 6.45) is 5.46. The maximum Gasteiger partial charge on any atom is 0.238 e. The van der Waals surface area contributed by atoms with E-state index in [1.54, 1.807) is 12.4 Å². The third kappa shape index (κ3) is 13.5. The third-order valence-electron chi connectivity index (χ3n) is 28.2. The summed E-state index contributed by atoms with van der Waals surface area (Å²) in [6, 6.07) is 157. The predicted molar refractivity (Wildman–Crippen MR) is 599 cm³/mol. The molecule has 0 radical (unpaired) electrons. The Morgan fingerprint density at radius 2 is 0.388 bits per heavy atom. The number of hydrogen-bond acceptors (Lipinski definition) is 13. The fraction of sp³-hybridized carbons (Fsp3) is 0. The lowest BCUT2D eigenvalue weighted by Gasteiger charge is -2.14. The minimum Gasteiger partial charge on any atom is -0.307 e. The van der Waals surface area contributed by atoms with Crippen molar-refractivity contribution in [1.82, 2.24) is 87.2 Å². The van der Waals surface area contributed by atoms with Gasteiger partial charge in [-0.25, -0.2) is 15.0 Å². The summed E-state index contributed by atoms with van der Waals surface area (Å²) < 4.78 is 16.4. The molecule has 0 fully saturated rings. The number of hydrogen-bond donors (Lipinski definition) is 0. The van der Waals surface area contributed by atoms with Gasteiger partial charge >= 0.3 is 0 Å². The molecule has 19 aromatic carbocycles. The number of thiophene rings is 1. The van der Waals surface area contributed by atoms with Gasteiger partial charge in [0.05, 0.1) is 82.8 Å². The normalized spacial score (nSPS) is 11.8. The van der Waals surface area contributed by atoms with Crippen molar-refractivity contribution in [2.24, 2.45) is 0 Å². The van der Waals surface area contributed by atoms with Crippen molar-refractivity contribution >= 4 is 184 Å². The number of benzene rings is 19. The van der Waals surface area contributed by atoms with Gasteiger partial charge in [-0.3, -0.25) is 28.7 Å². The van der Waals surface area contributed by atoms with Crippen LogP contribution in [-0.2, 0) is 0 Å². The molecule has 0 N–H and O–H groups in total. The van der Waals surface area contributed by atoms with E-state index in [4.69, 9.17) is 59.8 Å². The number of rotatable bonds is 12. The highest BCUT2D eigenvalue weighted by atomic mass is 32.1. The number of aromatic nitrogens is 18. The molecule has 0 bridgehead atoms. The molecule has 0 unspecified atom stereocenters. The summed E-state index contributed by atoms with van der Waals surface area (Å²) in [7, 11) is 0. The molecule has 0 amide bonds. The summed E-state index contributed by atoms with van der Waals surface area (Å²) in [6.45, 7) is 0. The molecule has 0 saturated carbocycles. The van der Waals surface area contributed by atoms with Crippen molar-refractivity contribution in [2.75, 3.05) is 0 Å². The highest BCUT2D eigenvalue weighted by Crippen LogP contribution is 2.54. The zero-order chi connectivity index (χ0) is 96.7. The van der Waals surface area contributed by atoms with E-state index in [1.807, 2.05) is 187 Å². The average Bonchev–Trinajstić information content (AvgIpc) is 1.57. The van der Waals surface area contributed by atoms with Gasteiger partial charge in [-0.1, -0.05) is 370 Å². The first-order valence-corrected chi connectivity index (χ1v) is 49.7. The SMILES string of the molecule is c1ccc(-c2nc(-c3ccccc3)nc(-n3c4ccccc4c4c5c6ccccc6sc5c5c6ccccc6n(-c6ccccc6)c5c43)n2)cc1.c1ccc(-c2nc(-c3ccccc3)nc(-n3c4ccccc4c4c5cccnc5c5c6ccccc6n(-c6ccccc6)c5c43)n2)cc1.c1ccc(-c2nc(-c3ccccc3)nc(-n3c4ccccc4c4c5nccnc5c5c6ccccc6n(-c6ccccc6)c5c43)n2)cc1. The summed E-state index contributed by atoms with van der Waals surface area (Å²) in [4.78, 5) is 61.6. The molecular weight excluding hydrogens is 1820 g/mol. The fourth-order valence-electron chi connectivity index (χ4n) is 22.1. The van der Waals surface area contributed by atoms with E-state index in [9.17, 15) is 0 Å². The highest BCUT2D eigenvalue weighted by molar-refractivity contribution is 7.27. The van der Waals surface area contributed by atoms with Gasteiger partial charge in [0.2, 0.25) is 17.8 Å². The Morgan fingerprint density at radius 1 is 0.156 bits per heavy atom. The zero-order valence-corrected chi connectivity index (χ0v) is 79.3. The molecule has 686 valence electrons. The van der Waals surface area contributed by atoms with Gasteiger partial charge in [0, 0.05) is 159 Å². The van der Waals surface area contributed by atoms with Crippen LogP contribution in [0.15, 0.2) is 474 Å². The first-order valence-electron chi connectivity index (χ1n) is 48.9. The largest absolute Gasteiger partial charge is 0.307 e. The second kappa shape index (κ2) is 34.5. The van der Waals surface area contributed by atoms with Crippen LogP contribution in [-0.4, -0.2) is 87.2 Å². The second-order valence-corrected chi connectivity index (χ2v) is 37.5. The first-order chi connectivity index (χ1) is 73.0. The molecule has 12 heterocycles. The Balaban J connectivity index is 0.000000104. The van der Waals surface area contributed by atoms with Crippen LogP contribution in [0.2, 0.25) is 0 Å². The Bertz CT molecular complexity index is 10100. The van der Waals surface area contributed by atoms with E-state index in [2.05, 4.69) is 313 Å². The van der Waals surface area contributed by atoms with Gasteiger partial charge in [0.1, 0.15) is 0 Å². The van der Waals surface area contributed by atoms with Crippen molar-refractivity contribution in [2.45, 2.75) is 0 Å². The second-order valence-electron chi connectivity index (χ2n) is 36.5. The molecular formula is C128H78N18S. The molecule has 31 rings (SSSR count). The molecule has 0 aliphatic heterocycles. The molecule has 0 saturated heterocycles. The summed E-state index contributed by atoms with van der Waals surface area (Å²) in [5.74, 6) is 5.38. The zero-order valence-electron chi connectivity index (χ0n) is 78.5. The van der Waals surface area contributed by atoms with E-state index in [0.717, 1.165) is 187 Å². The van der Waals surface area contributed by atoms with Gasteiger partial charge in [-0.15, -0.1) is 11.3 Å². The van der Waals surface area contributed by atoms with Gasteiger partial charge in [-0.2, -0.15) is 29.9 Å². The van der Waals surface area contributed by atoms with Crippen LogP contribution in [0.1, 0.15) is 0 Å². The standard InChI is InChI=1S/C45H27N5S.C42H26N6.C41H25N7/c1-4-16-28(17-5-1)43-46-44(29-18-6-2-7-19-29)48-45(47-43)50-35-26-14-10-22-31(35)37-38-33-24-12-15-27-36(33)51-42(38)39-32-23-11-13-25-34(32)49(41(39)40(37)50)30-20-8-3-9-21-30;1-4-15-27(16-5-1)40-44-41(28-17-6-2-7-18-28)46-42(45-40)48-34-25-13-10-21-30(34)35-32-23-14-26-43-37(32)36-31-22-11-12-24-33(31)47(39(36)38(35)48)29-19-8-3-9-20-29;1-4-14-26(15-5-1)39-44-40(27-16-6-2-7-17-27)46-41(45-39)48-32-23-13-11-21-30(32)34-36-35(42-24-25-43-36)33-29-20-10-12-22-31(29)47(37(33)38(34)48)28-18-8-3-9-19-28/h1-27H;1-26H;1-25H. The summed E-state index contributed by atoms with van der Waals surface area (Å²) in [5.41, 5.74) is 24.1. The minimum atomic E-state index is 0.531. The lowest BCUT2D eigenvalue weighted by molar-refractivity contribution is 0.953. The lowest BCUT2D eigenvalue weighted by atomic mass is 10.0. The van der Waals surface area contributed by atoms with Crippen LogP contribution in [0.3, 0.4) is 0 Å². The number of para-hydroxylation sites is 9. The summed E-state index contributed by atoms with van der Waals surface area (Å²) in [5, 5.41) is 17.1. The molecule has 12 aromatic heterocycles. The highest BCUT2D eigenvalue weighted by Gasteiger charge is 2.33. The van der Waals surface area contributed by atoms with Crippen LogP contribution < -0.4 is 0 Å². The first kappa shape index (κ1) is 83.9. The van der Waals surface area contributed by atoms with Gasteiger partial charge in [-0.05, 0) is 84.9 Å². The Kier molecular flexibility index (Phi) is 19.7. The van der Waals surface area contributed by atoms with Crippen molar-refractivity contribution in [1.29, 1.82) is 0 Å². The molecule has 31 aromatic rings. The Morgan fingerprint density at radius 3 is 0.728 bits per heavy atom. The van der Waals surface area contributed by atoms with E-state index in [-0.39, 0.29) is 0 Å². The quantitative estimate of drug-likeness (QED) is 0.113. The van der Waals surface area contributed by atoms with E-state index >= 15 is 0 Å². The van der Waals surface area contributed by atoms with Crippen LogP contribution >= 0.6 is 11.3 Å². The summed E-state index contributed by atoms with van der Waals surface area (Å²) >= 11 is 1.88. The number of fused-ring (bicyclic) bond motifs is 32. The number of nitrogens with zero attached hydrogens (tertiary/aromatic N) is 18. The molecule has 0 spiro atoms. The predicted octanol–water partition coefficient (Wildman–Crippen LogP) is 31.1. The van der Waals surface area contributed by atoms with Crippen molar-refractivity contribution < 1.29 is 0 Å². The van der Waals surface area contributed by atoms with Crippen LogP contribution in [0, 0.1) is 0 Å². The van der Waals surface area contributed by atoms with E-state index in [0.29, 0.717) is 52.8 Å². The minimum absolute atomic E-state index is 0.531. The molecule has 0 aliphatic rings. The molecule has 19 heteroatoms. The Labute approximate surface area is 842 Å². The molecule has 18 nitrogen and oxygen atoms in total. The maximum atomic E-state index is 5.30. The molecule has 0 atom stereocenters. The van der Waals surface area contributed by atoms with E-state index in [1.165, 1.54) is 36.3 Å². The molecule has 0 aliphatic carbocycles. The van der Waals surface area contributed by atoms with Crippen molar-refractivity contribution in [3.05, 3.63) is 474 Å². The Hall–Kier alpha value is -20.0. The maximum absolute atomic E-state index is 5.30. The van der Waals surface area contributed by atoms with Crippen LogP contribution in [0.25, 0.3) is 276 Å². The van der Waals surface area contributed by atoms with Crippen molar-refractivity contribution in [3.63, 3.8) is 0 Å².